The lowest BCUT2D eigenvalue weighted by atomic mass is 10.2. The molecule has 0 saturated heterocycles. The molecule has 0 bridgehead atoms. The summed E-state index contributed by atoms with van der Waals surface area (Å²) in [7, 11) is 0. The Balaban J connectivity index is 2.05. The summed E-state index contributed by atoms with van der Waals surface area (Å²) in [6, 6.07) is 3.64. The van der Waals surface area contributed by atoms with Crippen LogP contribution >= 0.6 is 0 Å². The fourth-order valence-electron chi connectivity index (χ4n) is 1.74. The first-order valence-electron chi connectivity index (χ1n) is 6.53. The van der Waals surface area contributed by atoms with Crippen LogP contribution < -0.4 is 5.32 Å². The van der Waals surface area contributed by atoms with Crippen molar-refractivity contribution in [1.29, 1.82) is 0 Å². The van der Waals surface area contributed by atoms with E-state index in [0.717, 1.165) is 24.2 Å². The summed E-state index contributed by atoms with van der Waals surface area (Å²) in [6.07, 6.45) is 3.38. The molecule has 106 valence electrons. The number of halogens is 2. The molecule has 1 heterocycles. The van der Waals surface area contributed by atoms with E-state index in [1.165, 1.54) is 6.07 Å². The standard InChI is InChI=1S/C15H17F2N3/c1-10(2)6-18-7-11-8-19-15(20-9-11)12-3-4-13(16)14(17)5-12/h3-5,8-10,18H,6-7H2,1-2H3. The summed E-state index contributed by atoms with van der Waals surface area (Å²) in [5.74, 6) is -0.800. The predicted molar refractivity (Wildman–Crippen MR) is 73.9 cm³/mol. The van der Waals surface area contributed by atoms with Gasteiger partial charge in [0, 0.05) is 30.1 Å². The van der Waals surface area contributed by atoms with Crippen molar-refractivity contribution in [3.63, 3.8) is 0 Å². The zero-order valence-corrected chi connectivity index (χ0v) is 11.5. The van der Waals surface area contributed by atoms with Crippen LogP contribution in [0.15, 0.2) is 30.6 Å². The van der Waals surface area contributed by atoms with Crippen molar-refractivity contribution < 1.29 is 8.78 Å². The highest BCUT2D eigenvalue weighted by atomic mass is 19.2. The number of hydrogen-bond donors (Lipinski definition) is 1. The minimum Gasteiger partial charge on any atom is -0.312 e. The van der Waals surface area contributed by atoms with E-state index in [4.69, 9.17) is 0 Å². The predicted octanol–water partition coefficient (Wildman–Crippen LogP) is 3.17. The molecule has 2 aromatic rings. The van der Waals surface area contributed by atoms with Crippen LogP contribution in [0.2, 0.25) is 0 Å². The third-order valence-electron chi connectivity index (χ3n) is 2.76. The maximum Gasteiger partial charge on any atom is 0.159 e. The van der Waals surface area contributed by atoms with Crippen molar-refractivity contribution >= 4 is 0 Å². The SMILES string of the molecule is CC(C)CNCc1cnc(-c2ccc(F)c(F)c2)nc1. The van der Waals surface area contributed by atoms with Gasteiger partial charge in [-0.15, -0.1) is 0 Å². The fraction of sp³-hybridized carbons (Fsp3) is 0.333. The molecule has 0 aliphatic heterocycles. The second-order valence-electron chi connectivity index (χ2n) is 5.07. The molecule has 0 aliphatic carbocycles. The quantitative estimate of drug-likeness (QED) is 0.912. The zero-order chi connectivity index (χ0) is 14.5. The van der Waals surface area contributed by atoms with Crippen LogP contribution in [-0.2, 0) is 6.54 Å². The number of nitrogens with zero attached hydrogens (tertiary/aromatic N) is 2. The van der Waals surface area contributed by atoms with E-state index in [1.807, 2.05) is 0 Å². The Hall–Kier alpha value is -1.88. The van der Waals surface area contributed by atoms with Crippen molar-refractivity contribution in [2.24, 2.45) is 5.92 Å². The largest absolute Gasteiger partial charge is 0.312 e. The lowest BCUT2D eigenvalue weighted by molar-refractivity contribution is 0.509. The lowest BCUT2D eigenvalue weighted by Gasteiger charge is -2.07. The Morgan fingerprint density at radius 3 is 2.40 bits per heavy atom. The monoisotopic (exact) mass is 277 g/mol. The Morgan fingerprint density at radius 2 is 1.80 bits per heavy atom. The second kappa shape index (κ2) is 6.52. The van der Waals surface area contributed by atoms with Gasteiger partial charge < -0.3 is 5.32 Å². The highest BCUT2D eigenvalue weighted by Gasteiger charge is 2.06. The first-order chi connectivity index (χ1) is 9.56. The molecule has 0 fully saturated rings. The van der Waals surface area contributed by atoms with Gasteiger partial charge in [-0.1, -0.05) is 13.8 Å². The molecule has 0 aliphatic rings. The molecule has 2 rings (SSSR count). The number of hydrogen-bond acceptors (Lipinski definition) is 3. The van der Waals surface area contributed by atoms with Gasteiger partial charge in [-0.25, -0.2) is 18.7 Å². The van der Waals surface area contributed by atoms with Crippen LogP contribution in [0.25, 0.3) is 11.4 Å². The molecule has 0 saturated carbocycles. The second-order valence-corrected chi connectivity index (χ2v) is 5.07. The molecule has 1 N–H and O–H groups in total. The molecule has 5 heteroatoms. The average Bonchev–Trinajstić information content (AvgIpc) is 2.42. The van der Waals surface area contributed by atoms with Gasteiger partial charge >= 0.3 is 0 Å². The molecule has 20 heavy (non-hydrogen) atoms. The van der Waals surface area contributed by atoms with Crippen molar-refractivity contribution in [3.05, 3.63) is 47.8 Å². The van der Waals surface area contributed by atoms with Gasteiger partial charge in [0.05, 0.1) is 0 Å². The Bertz CT molecular complexity index is 568. The Morgan fingerprint density at radius 1 is 1.10 bits per heavy atom. The van der Waals surface area contributed by atoms with E-state index < -0.39 is 11.6 Å². The molecule has 1 aromatic heterocycles. The molecule has 0 amide bonds. The summed E-state index contributed by atoms with van der Waals surface area (Å²) < 4.78 is 26.0. The first-order valence-corrected chi connectivity index (χ1v) is 6.53. The maximum absolute atomic E-state index is 13.1. The van der Waals surface area contributed by atoms with E-state index in [-0.39, 0.29) is 0 Å². The number of aromatic nitrogens is 2. The highest BCUT2D eigenvalue weighted by molar-refractivity contribution is 5.54. The van der Waals surface area contributed by atoms with Gasteiger partial charge in [0.2, 0.25) is 0 Å². The van der Waals surface area contributed by atoms with Crippen molar-refractivity contribution in [2.45, 2.75) is 20.4 Å². The molecule has 0 radical (unpaired) electrons. The molecule has 0 unspecified atom stereocenters. The zero-order valence-electron chi connectivity index (χ0n) is 11.5. The van der Waals surface area contributed by atoms with E-state index in [9.17, 15) is 8.78 Å². The lowest BCUT2D eigenvalue weighted by Crippen LogP contribution is -2.19. The summed E-state index contributed by atoms with van der Waals surface area (Å²) in [5.41, 5.74) is 1.42. The van der Waals surface area contributed by atoms with Gasteiger partial charge in [0.1, 0.15) is 0 Å². The molecular weight excluding hydrogens is 260 g/mol. The molecule has 1 aromatic carbocycles. The van der Waals surface area contributed by atoms with Crippen LogP contribution in [0.5, 0.6) is 0 Å². The van der Waals surface area contributed by atoms with Gasteiger partial charge in [-0.3, -0.25) is 0 Å². The minimum atomic E-state index is -0.895. The van der Waals surface area contributed by atoms with Crippen LogP contribution in [-0.4, -0.2) is 16.5 Å². The first kappa shape index (κ1) is 14.5. The average molecular weight is 277 g/mol. The van der Waals surface area contributed by atoms with E-state index in [1.54, 1.807) is 12.4 Å². The minimum absolute atomic E-state index is 0.386. The van der Waals surface area contributed by atoms with Crippen LogP contribution in [0.3, 0.4) is 0 Å². The third-order valence-corrected chi connectivity index (χ3v) is 2.76. The van der Waals surface area contributed by atoms with Gasteiger partial charge in [0.15, 0.2) is 17.5 Å². The summed E-state index contributed by atoms with van der Waals surface area (Å²) >= 11 is 0. The molecular formula is C15H17F2N3. The number of rotatable bonds is 5. The van der Waals surface area contributed by atoms with Crippen molar-refractivity contribution in [2.75, 3.05) is 6.54 Å². The molecule has 0 spiro atoms. The van der Waals surface area contributed by atoms with Gasteiger partial charge in [-0.2, -0.15) is 0 Å². The van der Waals surface area contributed by atoms with Gasteiger partial charge in [0.25, 0.3) is 0 Å². The maximum atomic E-state index is 13.1. The number of benzene rings is 1. The van der Waals surface area contributed by atoms with Crippen LogP contribution in [0, 0.1) is 17.6 Å². The number of nitrogens with one attached hydrogen (secondary N) is 1. The summed E-state index contributed by atoms with van der Waals surface area (Å²) in [6.45, 7) is 5.88. The summed E-state index contributed by atoms with van der Waals surface area (Å²) in [5, 5.41) is 3.29. The van der Waals surface area contributed by atoms with Crippen molar-refractivity contribution in [3.8, 4) is 11.4 Å². The van der Waals surface area contributed by atoms with E-state index in [0.29, 0.717) is 23.9 Å². The third kappa shape index (κ3) is 3.81. The van der Waals surface area contributed by atoms with Gasteiger partial charge in [-0.05, 0) is 30.7 Å². The summed E-state index contributed by atoms with van der Waals surface area (Å²) in [4.78, 5) is 8.35. The van der Waals surface area contributed by atoms with Crippen LogP contribution in [0.4, 0.5) is 8.78 Å². The Kier molecular flexibility index (Phi) is 4.74. The molecule has 0 atom stereocenters. The molecule has 3 nitrogen and oxygen atoms in total. The topological polar surface area (TPSA) is 37.8 Å². The normalized spacial score (nSPS) is 11.1. The van der Waals surface area contributed by atoms with Crippen LogP contribution in [0.1, 0.15) is 19.4 Å². The fourth-order valence-corrected chi connectivity index (χ4v) is 1.74. The van der Waals surface area contributed by atoms with Crippen molar-refractivity contribution in [1.82, 2.24) is 15.3 Å². The van der Waals surface area contributed by atoms with E-state index in [2.05, 4.69) is 29.1 Å². The Labute approximate surface area is 117 Å². The highest BCUT2D eigenvalue weighted by Crippen LogP contribution is 2.17. The van der Waals surface area contributed by atoms with E-state index >= 15 is 0 Å². The smallest absolute Gasteiger partial charge is 0.159 e.